The van der Waals surface area contributed by atoms with Crippen LogP contribution in [0, 0.1) is 12.8 Å². The quantitative estimate of drug-likeness (QED) is 0.568. The number of carboxylic acid groups (broad SMARTS) is 1. The summed E-state index contributed by atoms with van der Waals surface area (Å²) in [6.07, 6.45) is 3.71. The van der Waals surface area contributed by atoms with Crippen LogP contribution in [0.25, 0.3) is 16.6 Å². The summed E-state index contributed by atoms with van der Waals surface area (Å²) in [5.74, 6) is 1.66. The molecule has 0 aliphatic heterocycles. The van der Waals surface area contributed by atoms with Crippen LogP contribution in [0.5, 0.6) is 5.88 Å². The summed E-state index contributed by atoms with van der Waals surface area (Å²) in [7, 11) is 0. The van der Waals surface area contributed by atoms with Gasteiger partial charge in [-0.05, 0) is 42.6 Å². The number of aromatic nitrogens is 3. The molecule has 156 valence electrons. The molecule has 10 heteroatoms. The summed E-state index contributed by atoms with van der Waals surface area (Å²) in [4.78, 5) is 22.7. The maximum atomic E-state index is 12.0. The average Bonchev–Trinajstić information content (AvgIpc) is 3.35. The third kappa shape index (κ3) is 3.56. The van der Waals surface area contributed by atoms with Gasteiger partial charge in [0.2, 0.25) is 5.91 Å². The number of aryl methyl sites for hydroxylation is 1. The van der Waals surface area contributed by atoms with Crippen molar-refractivity contribution < 1.29 is 24.0 Å². The molecule has 2 fully saturated rings. The molecular formula is C20H21N5O5. The van der Waals surface area contributed by atoms with E-state index in [-0.39, 0.29) is 24.0 Å². The number of nitrogens with one attached hydrogen (secondary N) is 2. The van der Waals surface area contributed by atoms with Crippen molar-refractivity contribution in [2.24, 2.45) is 5.92 Å². The molecular weight excluding hydrogens is 390 g/mol. The van der Waals surface area contributed by atoms with Crippen molar-refractivity contribution in [3.8, 4) is 17.0 Å². The molecule has 0 aromatic carbocycles. The first-order valence-electron chi connectivity index (χ1n) is 9.89. The number of ether oxygens (including phenoxy) is 1. The number of pyridine rings is 1. The average molecular weight is 411 g/mol. The Hall–Kier alpha value is -3.56. The normalized spacial score (nSPS) is 20.6. The maximum Gasteiger partial charge on any atom is 0.404 e. The summed E-state index contributed by atoms with van der Waals surface area (Å²) in [6.45, 7) is 1.81. The van der Waals surface area contributed by atoms with E-state index in [1.54, 1.807) is 4.52 Å². The van der Waals surface area contributed by atoms with Gasteiger partial charge in [-0.1, -0.05) is 0 Å². The molecule has 0 spiro atoms. The molecule has 0 bridgehead atoms. The van der Waals surface area contributed by atoms with Crippen molar-refractivity contribution in [1.82, 2.24) is 20.1 Å². The van der Waals surface area contributed by atoms with Crippen LogP contribution >= 0.6 is 0 Å². The van der Waals surface area contributed by atoms with Gasteiger partial charge in [0.15, 0.2) is 5.82 Å². The number of hydrogen-bond donors (Lipinski definition) is 3. The second-order valence-electron chi connectivity index (χ2n) is 7.85. The Morgan fingerprint density at radius 1 is 1.30 bits per heavy atom. The van der Waals surface area contributed by atoms with Crippen LogP contribution in [0.2, 0.25) is 0 Å². The highest BCUT2D eigenvalue weighted by molar-refractivity contribution is 5.93. The number of carbonyl (C=O) groups excluding carboxylic acids is 1. The van der Waals surface area contributed by atoms with Crippen LogP contribution in [-0.4, -0.2) is 44.0 Å². The van der Waals surface area contributed by atoms with Crippen LogP contribution in [0.1, 0.15) is 31.4 Å². The third-order valence-electron chi connectivity index (χ3n) is 5.48. The number of amides is 2. The molecule has 2 aliphatic rings. The second-order valence-corrected chi connectivity index (χ2v) is 7.85. The van der Waals surface area contributed by atoms with E-state index in [4.69, 9.17) is 14.4 Å². The minimum atomic E-state index is -1.03. The first-order chi connectivity index (χ1) is 14.5. The van der Waals surface area contributed by atoms with E-state index in [9.17, 15) is 9.59 Å². The Morgan fingerprint density at radius 3 is 2.83 bits per heavy atom. The summed E-state index contributed by atoms with van der Waals surface area (Å²) >= 11 is 0. The molecule has 5 rings (SSSR count). The second kappa shape index (κ2) is 7.05. The van der Waals surface area contributed by atoms with Crippen LogP contribution < -0.4 is 15.4 Å². The van der Waals surface area contributed by atoms with Gasteiger partial charge in [0.05, 0.1) is 11.1 Å². The minimum absolute atomic E-state index is 0.0142. The van der Waals surface area contributed by atoms with Crippen LogP contribution in [0.15, 0.2) is 28.9 Å². The predicted octanol–water partition coefficient (Wildman–Crippen LogP) is 2.82. The van der Waals surface area contributed by atoms with Gasteiger partial charge in [-0.15, -0.1) is 0 Å². The highest BCUT2D eigenvalue weighted by atomic mass is 16.5. The molecule has 0 saturated heterocycles. The molecule has 2 amide bonds. The molecule has 10 nitrogen and oxygen atoms in total. The monoisotopic (exact) mass is 411 g/mol. The third-order valence-corrected chi connectivity index (χ3v) is 5.48. The fraction of sp³-hybridized carbons (Fsp3) is 0.400. The largest absolute Gasteiger partial charge is 0.472 e. The van der Waals surface area contributed by atoms with Gasteiger partial charge < -0.3 is 25.0 Å². The van der Waals surface area contributed by atoms with Gasteiger partial charge >= 0.3 is 6.09 Å². The standard InChI is InChI=1S/C20H21N5O5/c1-10-17(19(24-30-10)29-15-7-13(8-15)21-20(27)28)12-4-5-25-14(6-12)9-16(23-25)22-18(26)11-2-3-11/h4-6,9,11,13,15,21H,2-3,7-8H2,1H3,(H,27,28)(H,22,23,26)/t13-,15-. The Labute approximate surface area is 171 Å². The fourth-order valence-corrected chi connectivity index (χ4v) is 3.66. The molecule has 0 atom stereocenters. The number of anilines is 1. The van der Waals surface area contributed by atoms with Crippen molar-refractivity contribution in [2.75, 3.05) is 5.32 Å². The van der Waals surface area contributed by atoms with E-state index in [0.29, 0.717) is 30.3 Å². The van der Waals surface area contributed by atoms with E-state index in [0.717, 1.165) is 29.5 Å². The minimum Gasteiger partial charge on any atom is -0.472 e. The maximum absolute atomic E-state index is 12.0. The van der Waals surface area contributed by atoms with Gasteiger partial charge in [0.25, 0.3) is 5.88 Å². The first-order valence-corrected chi connectivity index (χ1v) is 9.89. The Bertz CT molecular complexity index is 1130. The molecule has 0 radical (unpaired) electrons. The summed E-state index contributed by atoms with van der Waals surface area (Å²) in [5, 5.41) is 22.5. The Kier molecular flexibility index (Phi) is 4.34. The zero-order valence-electron chi connectivity index (χ0n) is 16.3. The zero-order valence-corrected chi connectivity index (χ0v) is 16.3. The molecule has 2 aliphatic carbocycles. The number of carbonyl (C=O) groups is 2. The lowest BCUT2D eigenvalue weighted by Crippen LogP contribution is -2.48. The van der Waals surface area contributed by atoms with Gasteiger partial charge in [-0.2, -0.15) is 5.10 Å². The summed E-state index contributed by atoms with van der Waals surface area (Å²) in [5.41, 5.74) is 2.42. The van der Waals surface area contributed by atoms with Gasteiger partial charge in [0.1, 0.15) is 11.9 Å². The molecule has 30 heavy (non-hydrogen) atoms. The molecule has 3 aromatic rings. The molecule has 3 aromatic heterocycles. The number of hydrogen-bond acceptors (Lipinski definition) is 6. The molecule has 2 saturated carbocycles. The first kappa shape index (κ1) is 18.5. The van der Waals surface area contributed by atoms with E-state index < -0.39 is 6.09 Å². The topological polar surface area (TPSA) is 131 Å². The lowest BCUT2D eigenvalue weighted by atomic mass is 9.89. The number of fused-ring (bicyclic) bond motifs is 1. The smallest absolute Gasteiger partial charge is 0.404 e. The van der Waals surface area contributed by atoms with Crippen LogP contribution in [-0.2, 0) is 4.79 Å². The summed E-state index contributed by atoms with van der Waals surface area (Å²) < 4.78 is 13.0. The molecule has 0 unspecified atom stereocenters. The lowest BCUT2D eigenvalue weighted by Gasteiger charge is -2.34. The SMILES string of the molecule is Cc1onc(O[C@H]2C[C@H](NC(=O)O)C2)c1-c1ccn2nc(NC(=O)C3CC3)cc2c1. The van der Waals surface area contributed by atoms with E-state index in [1.165, 1.54) is 0 Å². The zero-order chi connectivity index (χ0) is 20.8. The van der Waals surface area contributed by atoms with Gasteiger partial charge in [-0.3, -0.25) is 4.79 Å². The van der Waals surface area contributed by atoms with E-state index >= 15 is 0 Å². The highest BCUT2D eigenvalue weighted by Gasteiger charge is 2.34. The van der Waals surface area contributed by atoms with Crippen LogP contribution in [0.3, 0.4) is 0 Å². The van der Waals surface area contributed by atoms with Crippen molar-refractivity contribution in [2.45, 2.75) is 44.8 Å². The van der Waals surface area contributed by atoms with E-state index in [1.807, 2.05) is 31.3 Å². The van der Waals surface area contributed by atoms with Crippen molar-refractivity contribution >= 4 is 23.3 Å². The van der Waals surface area contributed by atoms with E-state index in [2.05, 4.69) is 20.9 Å². The number of rotatable bonds is 6. The Morgan fingerprint density at radius 2 is 2.10 bits per heavy atom. The Balaban J connectivity index is 1.34. The number of nitrogens with zero attached hydrogens (tertiary/aromatic N) is 3. The predicted molar refractivity (Wildman–Crippen MR) is 105 cm³/mol. The van der Waals surface area contributed by atoms with Crippen LogP contribution in [0.4, 0.5) is 10.6 Å². The highest BCUT2D eigenvalue weighted by Crippen LogP contribution is 2.36. The van der Waals surface area contributed by atoms with Crippen molar-refractivity contribution in [3.63, 3.8) is 0 Å². The molecule has 3 N–H and O–H groups in total. The summed E-state index contributed by atoms with van der Waals surface area (Å²) in [6, 6.07) is 5.54. The van der Waals surface area contributed by atoms with Crippen molar-refractivity contribution in [3.05, 3.63) is 30.2 Å². The fourth-order valence-electron chi connectivity index (χ4n) is 3.66. The molecule has 3 heterocycles. The van der Waals surface area contributed by atoms with Gasteiger partial charge in [0, 0.05) is 37.1 Å². The van der Waals surface area contributed by atoms with Gasteiger partial charge in [-0.25, -0.2) is 9.31 Å². The lowest BCUT2D eigenvalue weighted by molar-refractivity contribution is -0.117. The van der Waals surface area contributed by atoms with Crippen molar-refractivity contribution in [1.29, 1.82) is 0 Å².